The van der Waals surface area contributed by atoms with Gasteiger partial charge in [0.1, 0.15) is 13.2 Å². The van der Waals surface area contributed by atoms with E-state index in [2.05, 4.69) is 0 Å². The maximum atomic E-state index is 6.56. The molecule has 1 aromatic carbocycles. The molecule has 5 heteroatoms. The summed E-state index contributed by atoms with van der Waals surface area (Å²) in [5, 5.41) is 0.556. The average Bonchev–Trinajstić information content (AvgIpc) is 2.44. The van der Waals surface area contributed by atoms with Gasteiger partial charge >= 0.3 is 0 Å². The molecule has 1 unspecified atom stereocenters. The Labute approximate surface area is 135 Å². The lowest BCUT2D eigenvalue weighted by atomic mass is 9.78. The molecular formula is C16H20Cl2O3. The van der Waals surface area contributed by atoms with Crippen molar-refractivity contribution in [1.29, 1.82) is 0 Å². The molecular weight excluding hydrogens is 311 g/mol. The zero-order chi connectivity index (χ0) is 14.8. The zero-order valence-corrected chi connectivity index (χ0v) is 13.6. The molecule has 1 aliphatic carbocycles. The summed E-state index contributed by atoms with van der Waals surface area (Å²) in [6.45, 7) is 3.95. The first-order valence-electron chi connectivity index (χ1n) is 7.52. The Morgan fingerprint density at radius 2 is 1.90 bits per heavy atom. The quantitative estimate of drug-likeness (QED) is 0.738. The van der Waals surface area contributed by atoms with Crippen molar-refractivity contribution in [2.45, 2.75) is 37.7 Å². The van der Waals surface area contributed by atoms with Crippen LogP contribution in [0.2, 0.25) is 5.02 Å². The molecule has 0 radical (unpaired) electrons. The normalized spacial score (nSPS) is 25.3. The van der Waals surface area contributed by atoms with Crippen LogP contribution in [-0.4, -0.2) is 25.9 Å². The summed E-state index contributed by atoms with van der Waals surface area (Å²) in [6.07, 6.45) is 3.53. The maximum absolute atomic E-state index is 6.56. The number of benzene rings is 1. The van der Waals surface area contributed by atoms with Crippen LogP contribution in [-0.2, 0) is 4.74 Å². The van der Waals surface area contributed by atoms with Crippen LogP contribution < -0.4 is 9.47 Å². The summed E-state index contributed by atoms with van der Waals surface area (Å²) in [7, 11) is 0. The maximum Gasteiger partial charge on any atom is 0.162 e. The molecule has 21 heavy (non-hydrogen) atoms. The summed E-state index contributed by atoms with van der Waals surface area (Å²) in [4.78, 5) is 0. The second-order valence-electron chi connectivity index (χ2n) is 5.64. The first-order chi connectivity index (χ1) is 10.2. The molecule has 0 saturated heterocycles. The van der Waals surface area contributed by atoms with E-state index >= 15 is 0 Å². The molecule has 0 N–H and O–H groups in total. The molecule has 1 aliphatic heterocycles. The monoisotopic (exact) mass is 330 g/mol. The second-order valence-corrected chi connectivity index (χ2v) is 6.57. The van der Waals surface area contributed by atoms with Gasteiger partial charge in [0.25, 0.3) is 0 Å². The minimum absolute atomic E-state index is 0.0964. The summed E-state index contributed by atoms with van der Waals surface area (Å²) in [5.41, 5.74) is 0.933. The number of ether oxygens (including phenoxy) is 3. The van der Waals surface area contributed by atoms with Crippen molar-refractivity contribution in [2.24, 2.45) is 5.92 Å². The van der Waals surface area contributed by atoms with Crippen LogP contribution in [0.4, 0.5) is 0 Å². The molecule has 0 bridgehead atoms. The first kappa shape index (κ1) is 15.3. The fourth-order valence-corrected chi connectivity index (χ4v) is 3.75. The van der Waals surface area contributed by atoms with Crippen LogP contribution >= 0.6 is 23.2 Å². The molecule has 1 fully saturated rings. The third kappa shape index (κ3) is 3.41. The van der Waals surface area contributed by atoms with E-state index in [1.807, 2.05) is 19.1 Å². The van der Waals surface area contributed by atoms with Crippen LogP contribution in [0.25, 0.3) is 0 Å². The van der Waals surface area contributed by atoms with Gasteiger partial charge in [-0.2, -0.15) is 0 Å². The van der Waals surface area contributed by atoms with Gasteiger partial charge in [-0.25, -0.2) is 0 Å². The van der Waals surface area contributed by atoms with Crippen molar-refractivity contribution in [1.82, 2.24) is 0 Å². The van der Waals surface area contributed by atoms with Gasteiger partial charge in [-0.15, -0.1) is 11.6 Å². The highest BCUT2D eigenvalue weighted by Crippen LogP contribution is 2.44. The lowest BCUT2D eigenvalue weighted by molar-refractivity contribution is -0.0267. The van der Waals surface area contributed by atoms with Crippen molar-refractivity contribution in [3.05, 3.63) is 22.7 Å². The predicted octanol–water partition coefficient (Wildman–Crippen LogP) is 4.60. The van der Waals surface area contributed by atoms with Gasteiger partial charge in [-0.3, -0.25) is 0 Å². The molecule has 1 heterocycles. The predicted molar refractivity (Wildman–Crippen MR) is 83.8 cm³/mol. The Balaban J connectivity index is 1.63. The molecule has 0 spiro atoms. The van der Waals surface area contributed by atoms with Gasteiger partial charge in [0.15, 0.2) is 11.5 Å². The van der Waals surface area contributed by atoms with Crippen molar-refractivity contribution >= 4 is 23.2 Å². The van der Waals surface area contributed by atoms with Gasteiger partial charge in [-0.1, -0.05) is 11.6 Å². The molecule has 1 saturated carbocycles. The molecule has 1 aromatic rings. The van der Waals surface area contributed by atoms with E-state index in [0.717, 1.165) is 37.2 Å². The largest absolute Gasteiger partial charge is 0.486 e. The third-order valence-corrected chi connectivity index (χ3v) is 4.87. The van der Waals surface area contributed by atoms with Gasteiger partial charge in [-0.05, 0) is 43.7 Å². The highest BCUT2D eigenvalue weighted by molar-refractivity contribution is 6.33. The molecule has 116 valence electrons. The fourth-order valence-electron chi connectivity index (χ4n) is 2.98. The van der Waals surface area contributed by atoms with Gasteiger partial charge in [0, 0.05) is 17.7 Å². The lowest BCUT2D eigenvalue weighted by Gasteiger charge is -2.36. The van der Waals surface area contributed by atoms with Crippen molar-refractivity contribution in [3.63, 3.8) is 0 Å². The highest BCUT2D eigenvalue weighted by Gasteiger charge is 2.32. The van der Waals surface area contributed by atoms with Crippen molar-refractivity contribution < 1.29 is 14.2 Å². The van der Waals surface area contributed by atoms with E-state index in [1.54, 1.807) is 0 Å². The Hall–Kier alpha value is -0.640. The van der Waals surface area contributed by atoms with E-state index in [0.29, 0.717) is 36.0 Å². The van der Waals surface area contributed by atoms with Crippen LogP contribution in [0.15, 0.2) is 12.1 Å². The van der Waals surface area contributed by atoms with Crippen molar-refractivity contribution in [2.75, 3.05) is 19.8 Å². The second kappa shape index (κ2) is 6.64. The number of halogens is 2. The molecule has 1 atom stereocenters. The minimum Gasteiger partial charge on any atom is -0.486 e. The number of fused-ring (bicyclic) bond motifs is 1. The summed E-state index contributed by atoms with van der Waals surface area (Å²) in [5.74, 6) is 2.07. The smallest absolute Gasteiger partial charge is 0.162 e. The molecule has 3 nitrogen and oxygen atoms in total. The Morgan fingerprint density at radius 3 is 2.57 bits per heavy atom. The van der Waals surface area contributed by atoms with E-state index in [9.17, 15) is 0 Å². The van der Waals surface area contributed by atoms with E-state index in [-0.39, 0.29) is 5.38 Å². The van der Waals surface area contributed by atoms with Crippen molar-refractivity contribution in [3.8, 4) is 11.5 Å². The summed E-state index contributed by atoms with van der Waals surface area (Å²) >= 11 is 12.9. The number of alkyl halides is 1. The lowest BCUT2D eigenvalue weighted by Crippen LogP contribution is -2.31. The Morgan fingerprint density at radius 1 is 1.24 bits per heavy atom. The van der Waals surface area contributed by atoms with E-state index in [1.165, 1.54) is 0 Å². The number of hydrogen-bond donors (Lipinski definition) is 0. The Kier molecular flexibility index (Phi) is 4.82. The van der Waals surface area contributed by atoms with Crippen LogP contribution in [0, 0.1) is 5.92 Å². The average molecular weight is 331 g/mol. The van der Waals surface area contributed by atoms with Gasteiger partial charge in [0.2, 0.25) is 0 Å². The van der Waals surface area contributed by atoms with Gasteiger partial charge < -0.3 is 14.2 Å². The molecule has 3 rings (SSSR count). The van der Waals surface area contributed by atoms with Crippen LogP contribution in [0.3, 0.4) is 0 Å². The summed E-state index contributed by atoms with van der Waals surface area (Å²) in [6, 6.07) is 3.73. The highest BCUT2D eigenvalue weighted by atomic mass is 35.5. The standard InChI is InChI=1S/C16H20Cl2O3/c1-2-19-11-5-10(6-11)7-13(17)12-8-15-16(9-14(12)18)21-4-3-20-15/h8-11,13H,2-7H2,1H3. The van der Waals surface area contributed by atoms with Gasteiger partial charge in [0.05, 0.1) is 11.5 Å². The SMILES string of the molecule is CCOC1CC(CC(Cl)c2cc3c(cc2Cl)OCCO3)C1. The van der Waals surface area contributed by atoms with Crippen LogP contribution in [0.5, 0.6) is 11.5 Å². The minimum atomic E-state index is -0.0964. The third-order valence-electron chi connectivity index (χ3n) is 4.13. The summed E-state index contributed by atoms with van der Waals surface area (Å²) < 4.78 is 16.7. The molecule has 2 aliphatic rings. The zero-order valence-electron chi connectivity index (χ0n) is 12.1. The first-order valence-corrected chi connectivity index (χ1v) is 8.33. The van der Waals surface area contributed by atoms with E-state index in [4.69, 9.17) is 37.4 Å². The Bertz CT molecular complexity index is 501. The fraction of sp³-hybridized carbons (Fsp3) is 0.625. The molecule has 0 amide bonds. The number of rotatable bonds is 5. The number of hydrogen-bond acceptors (Lipinski definition) is 3. The topological polar surface area (TPSA) is 27.7 Å². The molecule has 0 aromatic heterocycles. The van der Waals surface area contributed by atoms with E-state index < -0.39 is 0 Å². The van der Waals surface area contributed by atoms with Crippen LogP contribution in [0.1, 0.15) is 37.1 Å².